The minimum absolute atomic E-state index is 0.262. The van der Waals surface area contributed by atoms with E-state index in [1.54, 1.807) is 18.3 Å². The summed E-state index contributed by atoms with van der Waals surface area (Å²) in [5.74, 6) is 1.06. The van der Waals surface area contributed by atoms with Crippen molar-refractivity contribution in [3.63, 3.8) is 0 Å². The molecule has 0 radical (unpaired) electrons. The van der Waals surface area contributed by atoms with E-state index in [9.17, 15) is 9.50 Å². The van der Waals surface area contributed by atoms with Crippen LogP contribution in [0, 0.1) is 5.82 Å². The number of likely N-dealkylation sites (tertiary alicyclic amines) is 1. The highest BCUT2D eigenvalue weighted by Gasteiger charge is 2.26. The number of aliphatic hydroxyl groups is 1. The predicted octanol–water partition coefficient (Wildman–Crippen LogP) is 3.22. The molecule has 0 spiro atoms. The van der Waals surface area contributed by atoms with E-state index in [0.29, 0.717) is 24.2 Å². The van der Waals surface area contributed by atoms with Gasteiger partial charge in [0, 0.05) is 11.6 Å². The van der Waals surface area contributed by atoms with E-state index in [1.807, 2.05) is 6.92 Å². The van der Waals surface area contributed by atoms with Crippen LogP contribution in [-0.2, 0) is 6.54 Å². The Kier molecular flexibility index (Phi) is 4.55. The van der Waals surface area contributed by atoms with Gasteiger partial charge in [0.1, 0.15) is 5.82 Å². The summed E-state index contributed by atoms with van der Waals surface area (Å²) in [4.78, 5) is 6.64. The Labute approximate surface area is 129 Å². The topological polar surface area (TPSA) is 49.5 Å². The smallest absolute Gasteiger partial charge is 0.209 e. The predicted molar refractivity (Wildman–Crippen MR) is 81.6 cm³/mol. The Morgan fingerprint density at radius 3 is 2.91 bits per heavy atom. The lowest BCUT2D eigenvalue weighted by Gasteiger charge is -2.23. The number of nitrogens with zero attached hydrogens (tertiary/aromatic N) is 2. The Hall–Kier alpha value is -1.72. The van der Waals surface area contributed by atoms with Crippen LogP contribution in [0.15, 0.2) is 34.9 Å². The van der Waals surface area contributed by atoms with Gasteiger partial charge >= 0.3 is 0 Å². The normalized spacial score (nSPS) is 20.4. The van der Waals surface area contributed by atoms with Gasteiger partial charge in [-0.3, -0.25) is 4.90 Å². The molecule has 2 atom stereocenters. The highest BCUT2D eigenvalue weighted by atomic mass is 19.1. The van der Waals surface area contributed by atoms with Crippen molar-refractivity contribution < 1.29 is 13.9 Å². The molecule has 3 rings (SSSR count). The second kappa shape index (κ2) is 6.58. The van der Waals surface area contributed by atoms with E-state index in [1.165, 1.54) is 12.1 Å². The van der Waals surface area contributed by atoms with E-state index in [4.69, 9.17) is 4.42 Å². The summed E-state index contributed by atoms with van der Waals surface area (Å²) < 4.78 is 18.7. The minimum Gasteiger partial charge on any atom is -0.439 e. The lowest BCUT2D eigenvalue weighted by molar-refractivity contribution is 0.126. The first kappa shape index (κ1) is 15.2. The van der Waals surface area contributed by atoms with Gasteiger partial charge in [0.05, 0.1) is 18.8 Å². The van der Waals surface area contributed by atoms with Gasteiger partial charge in [0.25, 0.3) is 0 Å². The van der Waals surface area contributed by atoms with Gasteiger partial charge in [-0.25, -0.2) is 9.37 Å². The van der Waals surface area contributed by atoms with Crippen LogP contribution >= 0.6 is 0 Å². The van der Waals surface area contributed by atoms with Crippen molar-refractivity contribution in [2.45, 2.75) is 44.9 Å². The second-order valence-corrected chi connectivity index (χ2v) is 5.98. The fourth-order valence-corrected chi connectivity index (χ4v) is 3.07. The van der Waals surface area contributed by atoms with Gasteiger partial charge in [-0.15, -0.1) is 0 Å². The van der Waals surface area contributed by atoms with Crippen molar-refractivity contribution in [3.05, 3.63) is 42.2 Å². The maximum atomic E-state index is 13.0. The average Bonchev–Trinajstić information content (AvgIpc) is 3.10. The SMILES string of the molecule is CC(O)CC1CCCN1Cc1ncc(-c2ccc(F)cc2)o1. The molecule has 0 amide bonds. The third-order valence-corrected chi connectivity index (χ3v) is 4.13. The third kappa shape index (κ3) is 3.54. The number of oxazole rings is 1. The van der Waals surface area contributed by atoms with Crippen molar-refractivity contribution >= 4 is 0 Å². The summed E-state index contributed by atoms with van der Waals surface area (Å²) in [6.07, 6.45) is 4.43. The maximum Gasteiger partial charge on any atom is 0.209 e. The summed E-state index contributed by atoms with van der Waals surface area (Å²) in [6.45, 7) is 3.48. The Bertz CT molecular complexity index is 609. The van der Waals surface area contributed by atoms with Crippen LogP contribution in [-0.4, -0.2) is 33.7 Å². The van der Waals surface area contributed by atoms with Gasteiger partial charge < -0.3 is 9.52 Å². The Morgan fingerprint density at radius 1 is 1.41 bits per heavy atom. The van der Waals surface area contributed by atoms with Crippen LogP contribution in [0.25, 0.3) is 11.3 Å². The molecule has 1 N–H and O–H groups in total. The van der Waals surface area contributed by atoms with E-state index in [0.717, 1.165) is 31.4 Å². The van der Waals surface area contributed by atoms with Gasteiger partial charge in [-0.05, 0) is 57.0 Å². The molecule has 1 saturated heterocycles. The fourth-order valence-electron chi connectivity index (χ4n) is 3.07. The molecule has 1 aromatic heterocycles. The molecule has 1 fully saturated rings. The zero-order valence-electron chi connectivity index (χ0n) is 12.7. The van der Waals surface area contributed by atoms with Crippen LogP contribution in [0.5, 0.6) is 0 Å². The largest absolute Gasteiger partial charge is 0.439 e. The molecule has 0 aliphatic carbocycles. The first-order valence-electron chi connectivity index (χ1n) is 7.74. The highest BCUT2D eigenvalue weighted by molar-refractivity contribution is 5.55. The van der Waals surface area contributed by atoms with Crippen LogP contribution in [0.4, 0.5) is 4.39 Å². The van der Waals surface area contributed by atoms with Crippen LogP contribution in [0.3, 0.4) is 0 Å². The molecular formula is C17H21FN2O2. The number of aliphatic hydroxyl groups excluding tert-OH is 1. The summed E-state index contributed by atoms with van der Waals surface area (Å²) >= 11 is 0. The van der Waals surface area contributed by atoms with E-state index in [2.05, 4.69) is 9.88 Å². The zero-order chi connectivity index (χ0) is 15.5. The van der Waals surface area contributed by atoms with Crippen molar-refractivity contribution in [1.82, 2.24) is 9.88 Å². The number of halogens is 1. The highest BCUT2D eigenvalue weighted by Crippen LogP contribution is 2.25. The third-order valence-electron chi connectivity index (χ3n) is 4.13. The molecule has 0 saturated carbocycles. The maximum absolute atomic E-state index is 13.0. The summed E-state index contributed by atoms with van der Waals surface area (Å²) in [5, 5.41) is 9.58. The molecule has 2 aromatic rings. The molecule has 0 bridgehead atoms. The van der Waals surface area contributed by atoms with Gasteiger partial charge in [0.2, 0.25) is 5.89 Å². The summed E-state index contributed by atoms with van der Waals surface area (Å²) in [6, 6.07) is 6.59. The molecular weight excluding hydrogens is 283 g/mol. The quantitative estimate of drug-likeness (QED) is 0.921. The van der Waals surface area contributed by atoms with E-state index in [-0.39, 0.29) is 11.9 Å². The number of benzene rings is 1. The van der Waals surface area contributed by atoms with Crippen molar-refractivity contribution in [2.75, 3.05) is 6.54 Å². The molecule has 2 heterocycles. The van der Waals surface area contributed by atoms with E-state index >= 15 is 0 Å². The first-order valence-corrected chi connectivity index (χ1v) is 7.74. The standard InChI is InChI=1S/C17H21FN2O2/c1-12(21)9-15-3-2-8-20(15)11-17-19-10-16(22-17)13-4-6-14(18)7-5-13/h4-7,10,12,15,21H,2-3,8-9,11H2,1H3. The number of hydrogen-bond acceptors (Lipinski definition) is 4. The van der Waals surface area contributed by atoms with Crippen molar-refractivity contribution in [2.24, 2.45) is 0 Å². The molecule has 22 heavy (non-hydrogen) atoms. The van der Waals surface area contributed by atoms with Crippen molar-refractivity contribution in [3.8, 4) is 11.3 Å². The number of aromatic nitrogens is 1. The van der Waals surface area contributed by atoms with E-state index < -0.39 is 0 Å². The zero-order valence-corrected chi connectivity index (χ0v) is 12.7. The molecule has 1 aliphatic heterocycles. The van der Waals surface area contributed by atoms with Gasteiger partial charge in [-0.1, -0.05) is 0 Å². The first-order chi connectivity index (χ1) is 10.6. The number of hydrogen-bond donors (Lipinski definition) is 1. The lowest BCUT2D eigenvalue weighted by atomic mass is 10.1. The molecule has 5 heteroatoms. The van der Waals surface area contributed by atoms with Crippen LogP contribution in [0.2, 0.25) is 0 Å². The Balaban J connectivity index is 1.67. The van der Waals surface area contributed by atoms with Crippen molar-refractivity contribution in [1.29, 1.82) is 0 Å². The van der Waals surface area contributed by atoms with Gasteiger partial charge in [-0.2, -0.15) is 0 Å². The molecule has 1 aliphatic rings. The molecule has 4 nitrogen and oxygen atoms in total. The molecule has 2 unspecified atom stereocenters. The van der Waals surface area contributed by atoms with Crippen LogP contribution in [0.1, 0.15) is 32.1 Å². The summed E-state index contributed by atoms with van der Waals surface area (Å²) in [7, 11) is 0. The summed E-state index contributed by atoms with van der Waals surface area (Å²) in [5.41, 5.74) is 0.821. The average molecular weight is 304 g/mol. The monoisotopic (exact) mass is 304 g/mol. The Morgan fingerprint density at radius 2 is 2.18 bits per heavy atom. The molecule has 118 valence electrons. The molecule has 1 aromatic carbocycles. The van der Waals surface area contributed by atoms with Gasteiger partial charge in [0.15, 0.2) is 5.76 Å². The fraction of sp³-hybridized carbons (Fsp3) is 0.471. The van der Waals surface area contributed by atoms with Crippen LogP contribution < -0.4 is 0 Å². The lowest BCUT2D eigenvalue weighted by Crippen LogP contribution is -2.31. The number of rotatable bonds is 5. The second-order valence-electron chi connectivity index (χ2n) is 5.98. The minimum atomic E-state index is -0.287.